The Balaban J connectivity index is 2.17. The first kappa shape index (κ1) is 15.0. The van der Waals surface area contributed by atoms with E-state index in [1.54, 1.807) is 12.1 Å². The van der Waals surface area contributed by atoms with Crippen LogP contribution in [0.3, 0.4) is 0 Å². The average Bonchev–Trinajstić information content (AvgIpc) is 2.40. The number of rotatable bonds is 6. The molecule has 1 aliphatic rings. The predicted octanol–water partition coefficient (Wildman–Crippen LogP) is 3.02. The first-order valence-corrected chi connectivity index (χ1v) is 7.44. The Morgan fingerprint density at radius 3 is 2.75 bits per heavy atom. The summed E-state index contributed by atoms with van der Waals surface area (Å²) in [6.45, 7) is 0.637. The monoisotopic (exact) mass is 297 g/mol. The summed E-state index contributed by atoms with van der Waals surface area (Å²) in [5.74, 6) is 0.907. The molecule has 1 aliphatic carbocycles. The summed E-state index contributed by atoms with van der Waals surface area (Å²) in [4.78, 5) is 14.4. The van der Waals surface area contributed by atoms with Crippen LogP contribution in [0.4, 0.5) is 0 Å². The largest absolute Gasteiger partial charge is 0.507 e. The molecule has 0 bridgehead atoms. The maximum atomic E-state index is 12.6. The smallest absolute Gasteiger partial charge is 0.257 e. The number of aromatic hydroxyl groups is 1. The number of halogens is 1. The van der Waals surface area contributed by atoms with Gasteiger partial charge in [0.15, 0.2) is 0 Å². The second-order valence-electron chi connectivity index (χ2n) is 5.01. The summed E-state index contributed by atoms with van der Waals surface area (Å²) in [7, 11) is 1.53. The molecule has 0 aromatic heterocycles. The third kappa shape index (κ3) is 3.18. The van der Waals surface area contributed by atoms with Crippen molar-refractivity contribution in [2.24, 2.45) is 0 Å². The number of methoxy groups -OCH3 is 1. The van der Waals surface area contributed by atoms with Gasteiger partial charge in [0.2, 0.25) is 0 Å². The lowest BCUT2D eigenvalue weighted by atomic mass is 9.90. The van der Waals surface area contributed by atoms with Crippen molar-refractivity contribution in [3.8, 4) is 11.5 Å². The quantitative estimate of drug-likeness (QED) is 0.821. The van der Waals surface area contributed by atoms with Crippen molar-refractivity contribution >= 4 is 17.5 Å². The van der Waals surface area contributed by atoms with Gasteiger partial charge in [0.25, 0.3) is 5.91 Å². The molecule has 0 atom stereocenters. The Morgan fingerprint density at radius 2 is 2.25 bits per heavy atom. The molecule has 0 unspecified atom stereocenters. The van der Waals surface area contributed by atoms with Crippen molar-refractivity contribution in [2.75, 3.05) is 19.5 Å². The normalized spacial score (nSPS) is 14.7. The zero-order valence-electron chi connectivity index (χ0n) is 11.6. The van der Waals surface area contributed by atoms with E-state index in [9.17, 15) is 9.90 Å². The fraction of sp³-hybridized carbons (Fsp3) is 0.533. The number of hydrogen-bond donors (Lipinski definition) is 1. The Morgan fingerprint density at radius 1 is 1.50 bits per heavy atom. The lowest BCUT2D eigenvalue weighted by Gasteiger charge is -2.37. The number of phenolic OH excluding ortho intramolecular Hbond substituents is 1. The van der Waals surface area contributed by atoms with Gasteiger partial charge in [0.1, 0.15) is 11.5 Å². The van der Waals surface area contributed by atoms with Gasteiger partial charge in [-0.3, -0.25) is 4.79 Å². The molecule has 0 heterocycles. The number of phenols is 1. The van der Waals surface area contributed by atoms with Crippen LogP contribution in [-0.4, -0.2) is 41.5 Å². The van der Waals surface area contributed by atoms with E-state index < -0.39 is 0 Å². The van der Waals surface area contributed by atoms with E-state index in [2.05, 4.69) is 0 Å². The Kier molecular flexibility index (Phi) is 5.12. The summed E-state index contributed by atoms with van der Waals surface area (Å²) in [5.41, 5.74) is 0.326. The second kappa shape index (κ2) is 6.84. The van der Waals surface area contributed by atoms with E-state index in [1.807, 2.05) is 4.90 Å². The molecule has 0 radical (unpaired) electrons. The number of carbonyl (C=O) groups is 1. The molecule has 1 saturated carbocycles. The number of carbonyl (C=O) groups excluding carboxylic acids is 1. The minimum atomic E-state index is -0.125. The van der Waals surface area contributed by atoms with Crippen molar-refractivity contribution in [1.82, 2.24) is 4.90 Å². The number of hydrogen-bond acceptors (Lipinski definition) is 3. The van der Waals surface area contributed by atoms with Crippen LogP contribution < -0.4 is 4.74 Å². The van der Waals surface area contributed by atoms with E-state index in [-0.39, 0.29) is 17.7 Å². The van der Waals surface area contributed by atoms with E-state index >= 15 is 0 Å². The minimum Gasteiger partial charge on any atom is -0.507 e. The highest BCUT2D eigenvalue weighted by Crippen LogP contribution is 2.30. The van der Waals surface area contributed by atoms with Crippen LogP contribution >= 0.6 is 11.6 Å². The molecule has 4 nitrogen and oxygen atoms in total. The van der Waals surface area contributed by atoms with E-state index in [4.69, 9.17) is 16.3 Å². The van der Waals surface area contributed by atoms with Crippen molar-refractivity contribution < 1.29 is 14.6 Å². The highest BCUT2D eigenvalue weighted by atomic mass is 35.5. The van der Waals surface area contributed by atoms with E-state index in [0.29, 0.717) is 23.7 Å². The fourth-order valence-corrected chi connectivity index (χ4v) is 2.47. The van der Waals surface area contributed by atoms with Gasteiger partial charge >= 0.3 is 0 Å². The van der Waals surface area contributed by atoms with Gasteiger partial charge in [0, 0.05) is 24.5 Å². The summed E-state index contributed by atoms with van der Waals surface area (Å²) in [5, 5.41) is 9.99. The molecule has 1 aromatic rings. The first-order chi connectivity index (χ1) is 9.67. The standard InChI is InChI=1S/C15H20ClNO3/c1-20-12-6-7-13(14(18)10-12)15(19)17(9-3-8-16)11-4-2-5-11/h6-7,10-11,18H,2-5,8-9H2,1H3. The van der Waals surface area contributed by atoms with Crippen LogP contribution in [0.1, 0.15) is 36.0 Å². The van der Waals surface area contributed by atoms with Gasteiger partial charge in [0.05, 0.1) is 12.7 Å². The summed E-state index contributed by atoms with van der Waals surface area (Å²) in [6, 6.07) is 5.05. The third-order valence-electron chi connectivity index (χ3n) is 3.74. The molecule has 1 amide bonds. The molecule has 0 spiro atoms. The topological polar surface area (TPSA) is 49.8 Å². The molecular formula is C15H20ClNO3. The summed E-state index contributed by atoms with van der Waals surface area (Å²) >= 11 is 5.73. The van der Waals surface area contributed by atoms with Gasteiger partial charge in [-0.05, 0) is 37.8 Å². The van der Waals surface area contributed by atoms with Gasteiger partial charge in [-0.1, -0.05) is 0 Å². The van der Waals surface area contributed by atoms with Crippen molar-refractivity contribution in [3.63, 3.8) is 0 Å². The maximum Gasteiger partial charge on any atom is 0.257 e. The minimum absolute atomic E-state index is 0.0375. The predicted molar refractivity (Wildman–Crippen MR) is 78.7 cm³/mol. The van der Waals surface area contributed by atoms with Gasteiger partial charge in [-0.25, -0.2) is 0 Å². The Labute approximate surface area is 124 Å². The lowest BCUT2D eigenvalue weighted by molar-refractivity contribution is 0.0578. The van der Waals surface area contributed by atoms with Crippen LogP contribution in [-0.2, 0) is 0 Å². The molecule has 20 heavy (non-hydrogen) atoms. The first-order valence-electron chi connectivity index (χ1n) is 6.91. The van der Waals surface area contributed by atoms with Crippen molar-refractivity contribution in [3.05, 3.63) is 23.8 Å². The van der Waals surface area contributed by atoms with Crippen LogP contribution in [0, 0.1) is 0 Å². The molecule has 1 aromatic carbocycles. The summed E-state index contributed by atoms with van der Waals surface area (Å²) < 4.78 is 5.03. The number of amides is 1. The average molecular weight is 298 g/mol. The van der Waals surface area contributed by atoms with E-state index in [0.717, 1.165) is 25.7 Å². The SMILES string of the molecule is COc1ccc(C(=O)N(CCCCl)C2CCC2)c(O)c1. The number of alkyl halides is 1. The Bertz CT molecular complexity index is 474. The molecule has 1 N–H and O–H groups in total. The zero-order chi connectivity index (χ0) is 14.5. The molecule has 1 fully saturated rings. The van der Waals surface area contributed by atoms with Crippen LogP contribution in [0.2, 0.25) is 0 Å². The zero-order valence-corrected chi connectivity index (χ0v) is 12.4. The van der Waals surface area contributed by atoms with Crippen molar-refractivity contribution in [2.45, 2.75) is 31.7 Å². The highest BCUT2D eigenvalue weighted by Gasteiger charge is 2.30. The van der Waals surface area contributed by atoms with Gasteiger partial charge in [-0.2, -0.15) is 0 Å². The summed E-state index contributed by atoms with van der Waals surface area (Å²) in [6.07, 6.45) is 3.99. The van der Waals surface area contributed by atoms with Crippen LogP contribution in [0.5, 0.6) is 11.5 Å². The number of ether oxygens (including phenoxy) is 1. The third-order valence-corrected chi connectivity index (χ3v) is 4.01. The van der Waals surface area contributed by atoms with Gasteiger partial charge in [-0.15, -0.1) is 11.6 Å². The fourth-order valence-electron chi connectivity index (χ4n) is 2.35. The Hall–Kier alpha value is -1.42. The molecule has 0 saturated heterocycles. The second-order valence-corrected chi connectivity index (χ2v) is 5.39. The van der Waals surface area contributed by atoms with Crippen molar-refractivity contribution in [1.29, 1.82) is 0 Å². The molecule has 5 heteroatoms. The molecule has 110 valence electrons. The maximum absolute atomic E-state index is 12.6. The number of nitrogens with zero attached hydrogens (tertiary/aromatic N) is 1. The molecule has 2 rings (SSSR count). The lowest BCUT2D eigenvalue weighted by Crippen LogP contribution is -2.44. The number of benzene rings is 1. The van der Waals surface area contributed by atoms with Crippen LogP contribution in [0.15, 0.2) is 18.2 Å². The molecular weight excluding hydrogens is 278 g/mol. The molecule has 0 aliphatic heterocycles. The van der Waals surface area contributed by atoms with Gasteiger partial charge < -0.3 is 14.7 Å². The van der Waals surface area contributed by atoms with Crippen LogP contribution in [0.25, 0.3) is 0 Å². The highest BCUT2D eigenvalue weighted by molar-refractivity contribution is 6.17. The van der Waals surface area contributed by atoms with E-state index in [1.165, 1.54) is 13.2 Å².